The summed E-state index contributed by atoms with van der Waals surface area (Å²) in [5.74, 6) is 1.03. The number of rotatable bonds is 5. The monoisotopic (exact) mass is 399 g/mol. The number of terminal acetylenes is 1. The van der Waals surface area contributed by atoms with Gasteiger partial charge in [0.25, 0.3) is 0 Å². The zero-order chi connectivity index (χ0) is 16.1. The van der Waals surface area contributed by atoms with Crippen molar-refractivity contribution in [3.05, 3.63) is 50.4 Å². The van der Waals surface area contributed by atoms with Crippen LogP contribution in [0.25, 0.3) is 0 Å². The van der Waals surface area contributed by atoms with E-state index in [1.165, 1.54) is 0 Å². The Kier molecular flexibility index (Phi) is 5.84. The quantitative estimate of drug-likeness (QED) is 0.686. The molecule has 114 valence electrons. The highest BCUT2D eigenvalue weighted by Crippen LogP contribution is 2.36. The third kappa shape index (κ3) is 4.01. The van der Waals surface area contributed by atoms with E-state index >= 15 is 0 Å². The fourth-order valence-electron chi connectivity index (χ4n) is 1.84. The van der Waals surface area contributed by atoms with Crippen LogP contribution in [0.1, 0.15) is 5.56 Å². The summed E-state index contributed by atoms with van der Waals surface area (Å²) in [7, 11) is 1.56. The van der Waals surface area contributed by atoms with Crippen LogP contribution in [0.3, 0.4) is 0 Å². The molecule has 2 aromatic carbocycles. The number of methoxy groups -OCH3 is 1. The first-order valence-corrected chi connectivity index (χ1v) is 7.78. The maximum absolute atomic E-state index is 5.99. The topological polar surface area (TPSA) is 30.5 Å². The van der Waals surface area contributed by atoms with Gasteiger partial charge in [0.05, 0.1) is 21.6 Å². The Morgan fingerprint density at radius 1 is 1.23 bits per heavy atom. The van der Waals surface area contributed by atoms with E-state index in [9.17, 15) is 0 Å². The molecular formula is C16H12BrCl2NO2. The van der Waals surface area contributed by atoms with Gasteiger partial charge in [-0.3, -0.25) is 0 Å². The molecule has 1 N–H and O–H groups in total. The first-order valence-electron chi connectivity index (χ1n) is 6.23. The first-order chi connectivity index (χ1) is 10.5. The number of nitrogens with one attached hydrogen (secondary N) is 1. The number of anilines is 1. The van der Waals surface area contributed by atoms with Crippen LogP contribution in [0.15, 0.2) is 34.8 Å². The van der Waals surface area contributed by atoms with Gasteiger partial charge in [-0.15, -0.1) is 0 Å². The van der Waals surface area contributed by atoms with Crippen molar-refractivity contribution in [1.82, 2.24) is 0 Å². The van der Waals surface area contributed by atoms with Gasteiger partial charge in [-0.1, -0.05) is 29.6 Å². The maximum Gasteiger partial charge on any atom is 0.196 e. The standard InChI is InChI=1S/C16H12BrCl2NO2/c1-3-22-16-12(17)6-10(7-15(16)21-2)9-20-11-4-5-13(18)14(19)8-11/h1,4-8,20H,9H2,2H3. The van der Waals surface area contributed by atoms with Gasteiger partial charge in [-0.05, 0) is 51.8 Å². The van der Waals surface area contributed by atoms with Gasteiger partial charge in [-0.25, -0.2) is 0 Å². The summed E-state index contributed by atoms with van der Waals surface area (Å²) in [6.45, 7) is 0.573. The van der Waals surface area contributed by atoms with Crippen molar-refractivity contribution in [2.45, 2.75) is 6.54 Å². The molecule has 0 aliphatic heterocycles. The van der Waals surface area contributed by atoms with Gasteiger partial charge in [-0.2, -0.15) is 0 Å². The normalized spacial score (nSPS) is 9.95. The minimum Gasteiger partial charge on any atom is -0.493 e. The molecule has 0 heterocycles. The number of halogens is 3. The summed E-state index contributed by atoms with van der Waals surface area (Å²) in [6, 6.07) is 9.12. The van der Waals surface area contributed by atoms with Crippen molar-refractivity contribution in [2.75, 3.05) is 12.4 Å². The van der Waals surface area contributed by atoms with Crippen LogP contribution in [0.4, 0.5) is 5.69 Å². The van der Waals surface area contributed by atoms with Gasteiger partial charge in [0.1, 0.15) is 6.11 Å². The van der Waals surface area contributed by atoms with E-state index in [0.29, 0.717) is 28.1 Å². The highest BCUT2D eigenvalue weighted by Gasteiger charge is 2.11. The molecule has 2 aromatic rings. The Bertz CT molecular complexity index is 729. The summed E-state index contributed by atoms with van der Waals surface area (Å²) in [5, 5.41) is 4.28. The molecule has 0 fully saturated rings. The highest BCUT2D eigenvalue weighted by molar-refractivity contribution is 9.10. The van der Waals surface area contributed by atoms with Crippen molar-refractivity contribution in [3.8, 4) is 24.0 Å². The fourth-order valence-corrected chi connectivity index (χ4v) is 2.71. The third-order valence-electron chi connectivity index (χ3n) is 2.87. The van der Waals surface area contributed by atoms with Crippen LogP contribution in [0.5, 0.6) is 11.5 Å². The molecule has 0 aliphatic rings. The molecule has 0 unspecified atom stereocenters. The number of hydrogen-bond acceptors (Lipinski definition) is 3. The lowest BCUT2D eigenvalue weighted by Gasteiger charge is -2.12. The highest BCUT2D eigenvalue weighted by atomic mass is 79.9. The number of benzene rings is 2. The van der Waals surface area contributed by atoms with E-state index in [1.807, 2.05) is 18.2 Å². The Morgan fingerprint density at radius 2 is 2.00 bits per heavy atom. The first kappa shape index (κ1) is 16.8. The lowest BCUT2D eigenvalue weighted by molar-refractivity contribution is 0.384. The minimum absolute atomic E-state index is 0.475. The predicted octanol–water partition coefficient (Wildman–Crippen LogP) is 5.35. The molecule has 0 atom stereocenters. The lowest BCUT2D eigenvalue weighted by atomic mass is 10.2. The lowest BCUT2D eigenvalue weighted by Crippen LogP contribution is -2.01. The van der Waals surface area contributed by atoms with Crippen molar-refractivity contribution in [2.24, 2.45) is 0 Å². The van der Waals surface area contributed by atoms with Crippen molar-refractivity contribution < 1.29 is 9.47 Å². The van der Waals surface area contributed by atoms with Crippen LogP contribution in [-0.2, 0) is 6.54 Å². The Labute approximate surface area is 147 Å². The van der Waals surface area contributed by atoms with Crippen LogP contribution >= 0.6 is 39.1 Å². The summed E-state index contributed by atoms with van der Waals surface area (Å²) >= 11 is 15.3. The zero-order valence-corrected chi connectivity index (χ0v) is 14.7. The SMILES string of the molecule is C#COc1c(Br)cc(CNc2ccc(Cl)c(Cl)c2)cc1OC. The van der Waals surface area contributed by atoms with Crippen LogP contribution in [0, 0.1) is 12.5 Å². The van der Waals surface area contributed by atoms with E-state index < -0.39 is 0 Å². The Balaban J connectivity index is 2.18. The second-order valence-corrected chi connectivity index (χ2v) is 5.98. The van der Waals surface area contributed by atoms with E-state index in [2.05, 4.69) is 27.4 Å². The average molecular weight is 401 g/mol. The molecule has 3 nitrogen and oxygen atoms in total. The van der Waals surface area contributed by atoms with E-state index in [-0.39, 0.29) is 0 Å². The summed E-state index contributed by atoms with van der Waals surface area (Å²) in [5.41, 5.74) is 1.85. The maximum atomic E-state index is 5.99. The van der Waals surface area contributed by atoms with Gasteiger partial charge < -0.3 is 14.8 Å². The molecule has 0 spiro atoms. The summed E-state index contributed by atoms with van der Waals surface area (Å²) in [6.07, 6.45) is 7.30. The molecule has 0 aliphatic carbocycles. The van der Waals surface area contributed by atoms with E-state index in [4.69, 9.17) is 39.1 Å². The van der Waals surface area contributed by atoms with Crippen molar-refractivity contribution in [1.29, 1.82) is 0 Å². The molecule has 0 saturated heterocycles. The van der Waals surface area contributed by atoms with E-state index in [0.717, 1.165) is 15.7 Å². The average Bonchev–Trinajstić information content (AvgIpc) is 2.50. The van der Waals surface area contributed by atoms with Crippen LogP contribution < -0.4 is 14.8 Å². The molecular weight excluding hydrogens is 389 g/mol. The number of ether oxygens (including phenoxy) is 2. The fraction of sp³-hybridized carbons (Fsp3) is 0.125. The molecule has 6 heteroatoms. The predicted molar refractivity (Wildman–Crippen MR) is 93.9 cm³/mol. The van der Waals surface area contributed by atoms with Gasteiger partial charge in [0.15, 0.2) is 11.5 Å². The molecule has 0 saturated carbocycles. The Hall–Kier alpha value is -1.54. The molecule has 0 radical (unpaired) electrons. The molecule has 0 bridgehead atoms. The van der Waals surface area contributed by atoms with Crippen molar-refractivity contribution in [3.63, 3.8) is 0 Å². The van der Waals surface area contributed by atoms with Gasteiger partial charge >= 0.3 is 0 Å². The van der Waals surface area contributed by atoms with Crippen LogP contribution in [-0.4, -0.2) is 7.11 Å². The van der Waals surface area contributed by atoms with Gasteiger partial charge in [0, 0.05) is 12.2 Å². The molecule has 22 heavy (non-hydrogen) atoms. The number of hydrogen-bond donors (Lipinski definition) is 1. The molecule has 2 rings (SSSR count). The third-order valence-corrected chi connectivity index (χ3v) is 4.19. The van der Waals surface area contributed by atoms with Crippen molar-refractivity contribution >= 4 is 44.8 Å². The minimum atomic E-state index is 0.475. The smallest absolute Gasteiger partial charge is 0.196 e. The van der Waals surface area contributed by atoms with E-state index in [1.54, 1.807) is 19.2 Å². The van der Waals surface area contributed by atoms with Crippen LogP contribution in [0.2, 0.25) is 10.0 Å². The summed E-state index contributed by atoms with van der Waals surface area (Å²) in [4.78, 5) is 0. The second-order valence-electron chi connectivity index (χ2n) is 4.31. The Morgan fingerprint density at radius 3 is 2.64 bits per heavy atom. The molecule has 0 amide bonds. The van der Waals surface area contributed by atoms with Gasteiger partial charge in [0.2, 0.25) is 0 Å². The largest absolute Gasteiger partial charge is 0.493 e. The second kappa shape index (κ2) is 7.64. The summed E-state index contributed by atoms with van der Waals surface area (Å²) < 4.78 is 11.1. The molecule has 0 aromatic heterocycles. The zero-order valence-electron chi connectivity index (χ0n) is 11.6.